The standard InChI is InChI=1S/C18H19N3/c1-13-8-9-17(14(2)10-13)21-18(11-16(12-19)20-21)15-6-4-3-5-7-15/h3-11H,12,19H2,1-2H3. The SMILES string of the molecule is Cc1ccc(-n2nc(CN)cc2-c2ccccc2)c(C)c1. The van der Waals surface area contributed by atoms with Crippen molar-refractivity contribution in [3.05, 3.63) is 71.4 Å². The van der Waals surface area contributed by atoms with Crippen molar-refractivity contribution in [1.82, 2.24) is 9.78 Å². The maximum atomic E-state index is 5.77. The van der Waals surface area contributed by atoms with E-state index in [4.69, 9.17) is 5.73 Å². The molecule has 0 atom stereocenters. The molecule has 0 saturated carbocycles. The van der Waals surface area contributed by atoms with Crippen molar-refractivity contribution in [1.29, 1.82) is 0 Å². The molecule has 3 nitrogen and oxygen atoms in total. The highest BCUT2D eigenvalue weighted by Crippen LogP contribution is 2.25. The molecule has 106 valence electrons. The van der Waals surface area contributed by atoms with Crippen LogP contribution in [0.2, 0.25) is 0 Å². The molecular formula is C18H19N3. The van der Waals surface area contributed by atoms with Gasteiger partial charge in [-0.3, -0.25) is 0 Å². The van der Waals surface area contributed by atoms with E-state index in [1.54, 1.807) is 0 Å². The molecule has 3 heteroatoms. The monoisotopic (exact) mass is 277 g/mol. The molecule has 2 aromatic carbocycles. The molecule has 1 heterocycles. The molecule has 0 aliphatic rings. The first kappa shape index (κ1) is 13.6. The molecule has 0 amide bonds. The first-order valence-corrected chi connectivity index (χ1v) is 7.11. The lowest BCUT2D eigenvalue weighted by Crippen LogP contribution is -2.03. The number of rotatable bonds is 3. The van der Waals surface area contributed by atoms with E-state index >= 15 is 0 Å². The van der Waals surface area contributed by atoms with E-state index in [0.717, 1.165) is 22.6 Å². The fraction of sp³-hybridized carbons (Fsp3) is 0.167. The van der Waals surface area contributed by atoms with Gasteiger partial charge in [-0.25, -0.2) is 4.68 Å². The van der Waals surface area contributed by atoms with Crippen molar-refractivity contribution in [2.24, 2.45) is 5.73 Å². The van der Waals surface area contributed by atoms with Crippen molar-refractivity contribution in [2.45, 2.75) is 20.4 Å². The lowest BCUT2D eigenvalue weighted by Gasteiger charge is -2.11. The maximum absolute atomic E-state index is 5.77. The minimum absolute atomic E-state index is 0.442. The van der Waals surface area contributed by atoms with Crippen LogP contribution in [0.15, 0.2) is 54.6 Å². The largest absolute Gasteiger partial charge is 0.325 e. The van der Waals surface area contributed by atoms with Gasteiger partial charge in [0, 0.05) is 12.1 Å². The Morgan fingerprint density at radius 2 is 1.76 bits per heavy atom. The fourth-order valence-corrected chi connectivity index (χ4v) is 2.57. The summed E-state index contributed by atoms with van der Waals surface area (Å²) in [5.41, 5.74) is 12.4. The van der Waals surface area contributed by atoms with Crippen LogP contribution in [-0.4, -0.2) is 9.78 Å². The van der Waals surface area contributed by atoms with E-state index < -0.39 is 0 Å². The van der Waals surface area contributed by atoms with Gasteiger partial charge >= 0.3 is 0 Å². The number of aromatic nitrogens is 2. The predicted molar refractivity (Wildman–Crippen MR) is 86.4 cm³/mol. The Kier molecular flexibility index (Phi) is 3.59. The molecule has 0 bridgehead atoms. The van der Waals surface area contributed by atoms with E-state index in [1.165, 1.54) is 11.1 Å². The van der Waals surface area contributed by atoms with E-state index in [1.807, 2.05) is 22.9 Å². The normalized spacial score (nSPS) is 10.8. The third-order valence-corrected chi connectivity index (χ3v) is 3.62. The lowest BCUT2D eigenvalue weighted by molar-refractivity contribution is 0.833. The Morgan fingerprint density at radius 1 is 1.00 bits per heavy atom. The number of aryl methyl sites for hydroxylation is 2. The number of benzene rings is 2. The van der Waals surface area contributed by atoms with Gasteiger partial charge < -0.3 is 5.73 Å². The Morgan fingerprint density at radius 3 is 2.43 bits per heavy atom. The smallest absolute Gasteiger partial charge is 0.0771 e. The van der Waals surface area contributed by atoms with E-state index in [-0.39, 0.29) is 0 Å². The highest BCUT2D eigenvalue weighted by atomic mass is 15.3. The van der Waals surface area contributed by atoms with Gasteiger partial charge in [-0.1, -0.05) is 48.0 Å². The number of nitrogens with two attached hydrogens (primary N) is 1. The zero-order valence-corrected chi connectivity index (χ0v) is 12.4. The van der Waals surface area contributed by atoms with Gasteiger partial charge in [-0.2, -0.15) is 5.10 Å². The van der Waals surface area contributed by atoms with Crippen LogP contribution >= 0.6 is 0 Å². The molecule has 0 spiro atoms. The summed E-state index contributed by atoms with van der Waals surface area (Å²) in [6, 6.07) is 18.8. The molecule has 0 radical (unpaired) electrons. The first-order chi connectivity index (χ1) is 10.2. The molecule has 0 saturated heterocycles. The molecule has 0 aliphatic heterocycles. The molecule has 0 unspecified atom stereocenters. The lowest BCUT2D eigenvalue weighted by atomic mass is 10.1. The maximum Gasteiger partial charge on any atom is 0.0771 e. The van der Waals surface area contributed by atoms with Gasteiger partial charge in [0.1, 0.15) is 0 Å². The van der Waals surface area contributed by atoms with E-state index in [0.29, 0.717) is 6.54 Å². The summed E-state index contributed by atoms with van der Waals surface area (Å²) in [6.45, 7) is 4.65. The summed E-state index contributed by atoms with van der Waals surface area (Å²) in [4.78, 5) is 0. The Hall–Kier alpha value is -2.39. The molecule has 21 heavy (non-hydrogen) atoms. The topological polar surface area (TPSA) is 43.8 Å². The van der Waals surface area contributed by atoms with Gasteiger partial charge in [-0.05, 0) is 31.5 Å². The van der Waals surface area contributed by atoms with Crippen LogP contribution in [0.4, 0.5) is 0 Å². The quantitative estimate of drug-likeness (QED) is 0.794. The number of hydrogen-bond acceptors (Lipinski definition) is 2. The second kappa shape index (κ2) is 5.54. The summed E-state index contributed by atoms with van der Waals surface area (Å²) in [7, 11) is 0. The van der Waals surface area contributed by atoms with Crippen LogP contribution in [0.3, 0.4) is 0 Å². The minimum Gasteiger partial charge on any atom is -0.325 e. The summed E-state index contributed by atoms with van der Waals surface area (Å²) in [5, 5.41) is 4.66. The first-order valence-electron chi connectivity index (χ1n) is 7.11. The highest BCUT2D eigenvalue weighted by molar-refractivity contribution is 5.63. The van der Waals surface area contributed by atoms with Crippen LogP contribution < -0.4 is 5.73 Å². The molecule has 3 rings (SSSR count). The van der Waals surface area contributed by atoms with Crippen LogP contribution in [0, 0.1) is 13.8 Å². The highest BCUT2D eigenvalue weighted by Gasteiger charge is 2.12. The second-order valence-corrected chi connectivity index (χ2v) is 5.29. The van der Waals surface area contributed by atoms with Crippen LogP contribution in [-0.2, 0) is 6.54 Å². The number of nitrogens with zero attached hydrogens (tertiary/aromatic N) is 2. The molecule has 1 aromatic heterocycles. The van der Waals surface area contributed by atoms with E-state index in [2.05, 4.69) is 55.3 Å². The Labute approximate surface area is 125 Å². The third-order valence-electron chi connectivity index (χ3n) is 3.62. The fourth-order valence-electron chi connectivity index (χ4n) is 2.57. The van der Waals surface area contributed by atoms with Crippen LogP contribution in [0.25, 0.3) is 16.9 Å². The van der Waals surface area contributed by atoms with Crippen LogP contribution in [0.1, 0.15) is 16.8 Å². The Balaban J connectivity index is 2.20. The molecule has 3 aromatic rings. The van der Waals surface area contributed by atoms with Crippen LogP contribution in [0.5, 0.6) is 0 Å². The third kappa shape index (κ3) is 2.60. The van der Waals surface area contributed by atoms with Gasteiger partial charge in [0.05, 0.1) is 17.1 Å². The summed E-state index contributed by atoms with van der Waals surface area (Å²) >= 11 is 0. The van der Waals surface area contributed by atoms with Crippen molar-refractivity contribution >= 4 is 0 Å². The Bertz CT molecular complexity index is 757. The van der Waals surface area contributed by atoms with Crippen molar-refractivity contribution in [3.8, 4) is 16.9 Å². The minimum atomic E-state index is 0.442. The van der Waals surface area contributed by atoms with Gasteiger partial charge in [0.15, 0.2) is 0 Å². The molecule has 2 N–H and O–H groups in total. The molecule has 0 fully saturated rings. The molecule has 0 aliphatic carbocycles. The van der Waals surface area contributed by atoms with Crippen molar-refractivity contribution in [2.75, 3.05) is 0 Å². The zero-order valence-electron chi connectivity index (χ0n) is 12.4. The van der Waals surface area contributed by atoms with Crippen molar-refractivity contribution in [3.63, 3.8) is 0 Å². The van der Waals surface area contributed by atoms with Gasteiger partial charge in [-0.15, -0.1) is 0 Å². The summed E-state index contributed by atoms with van der Waals surface area (Å²) in [5.74, 6) is 0. The number of hydrogen-bond donors (Lipinski definition) is 1. The second-order valence-electron chi connectivity index (χ2n) is 5.29. The predicted octanol–water partition coefficient (Wildman–Crippen LogP) is 3.61. The van der Waals surface area contributed by atoms with Crippen molar-refractivity contribution < 1.29 is 0 Å². The summed E-state index contributed by atoms with van der Waals surface area (Å²) < 4.78 is 1.99. The summed E-state index contributed by atoms with van der Waals surface area (Å²) in [6.07, 6.45) is 0. The van der Waals surface area contributed by atoms with E-state index in [9.17, 15) is 0 Å². The zero-order chi connectivity index (χ0) is 14.8. The molecular weight excluding hydrogens is 258 g/mol. The average Bonchev–Trinajstić information content (AvgIpc) is 2.92. The average molecular weight is 277 g/mol. The van der Waals surface area contributed by atoms with Gasteiger partial charge in [0.25, 0.3) is 0 Å². The van der Waals surface area contributed by atoms with Gasteiger partial charge in [0.2, 0.25) is 0 Å².